The number of nitrogens with two attached hydrogens (primary N) is 1. The van der Waals surface area contributed by atoms with Crippen LogP contribution < -0.4 is 16.4 Å². The molecule has 1 heterocycles. The summed E-state index contributed by atoms with van der Waals surface area (Å²) in [6, 6.07) is 0.535. The Balaban J connectivity index is 2.27. The second-order valence-electron chi connectivity index (χ2n) is 2.78. The zero-order chi connectivity index (χ0) is 8.10. The van der Waals surface area contributed by atoms with Crippen LogP contribution in [0.5, 0.6) is 0 Å². The molecule has 64 valence electrons. The zero-order valence-electron chi connectivity index (χ0n) is 6.93. The molecule has 0 aliphatic carbocycles. The smallest absolute Gasteiger partial charge is 0.191 e. The standard InChI is InChI=1S/C7H16N4/c1-6-2-4-9-7(11-6)10-5-3-8/h6H,2-5,8H2,1H3,(H2,9,10,11). The van der Waals surface area contributed by atoms with Crippen LogP contribution in [0.4, 0.5) is 0 Å². The first kappa shape index (κ1) is 8.33. The van der Waals surface area contributed by atoms with Crippen molar-refractivity contribution in [3.8, 4) is 0 Å². The van der Waals surface area contributed by atoms with Gasteiger partial charge in [0.2, 0.25) is 0 Å². The third-order valence-corrected chi connectivity index (χ3v) is 1.65. The van der Waals surface area contributed by atoms with E-state index < -0.39 is 0 Å². The van der Waals surface area contributed by atoms with Gasteiger partial charge in [-0.15, -0.1) is 0 Å². The minimum Gasteiger partial charge on any atom is -0.355 e. The van der Waals surface area contributed by atoms with Crippen LogP contribution >= 0.6 is 0 Å². The predicted octanol–water partition coefficient (Wildman–Crippen LogP) is -0.727. The molecule has 11 heavy (non-hydrogen) atoms. The molecule has 4 heteroatoms. The minimum absolute atomic E-state index is 0.535. The Kier molecular flexibility index (Phi) is 3.16. The van der Waals surface area contributed by atoms with Crippen molar-refractivity contribution in [1.82, 2.24) is 10.6 Å². The monoisotopic (exact) mass is 156 g/mol. The van der Waals surface area contributed by atoms with E-state index >= 15 is 0 Å². The SMILES string of the molecule is CC1CCN=C(NCCN)N1. The fourth-order valence-corrected chi connectivity index (χ4v) is 1.02. The largest absolute Gasteiger partial charge is 0.355 e. The first-order valence-corrected chi connectivity index (χ1v) is 4.08. The summed E-state index contributed by atoms with van der Waals surface area (Å²) in [4.78, 5) is 4.26. The average Bonchev–Trinajstić information content (AvgIpc) is 2.01. The molecule has 0 fully saturated rings. The van der Waals surface area contributed by atoms with E-state index in [1.807, 2.05) is 0 Å². The maximum Gasteiger partial charge on any atom is 0.191 e. The van der Waals surface area contributed by atoms with Crippen molar-refractivity contribution >= 4 is 5.96 Å². The van der Waals surface area contributed by atoms with Crippen LogP contribution in [0, 0.1) is 0 Å². The molecule has 1 aliphatic rings. The fraction of sp³-hybridized carbons (Fsp3) is 0.857. The molecular formula is C7H16N4. The maximum absolute atomic E-state index is 5.34. The number of hydrogen-bond acceptors (Lipinski definition) is 4. The molecule has 0 aromatic heterocycles. The third kappa shape index (κ3) is 2.76. The first-order chi connectivity index (χ1) is 5.33. The van der Waals surface area contributed by atoms with Gasteiger partial charge in [0, 0.05) is 25.7 Å². The summed E-state index contributed by atoms with van der Waals surface area (Å²) in [5, 5.41) is 6.35. The molecule has 0 bridgehead atoms. The molecule has 0 amide bonds. The lowest BCUT2D eigenvalue weighted by Gasteiger charge is -2.21. The summed E-state index contributed by atoms with van der Waals surface area (Å²) < 4.78 is 0. The average molecular weight is 156 g/mol. The Morgan fingerprint density at radius 2 is 2.64 bits per heavy atom. The van der Waals surface area contributed by atoms with Crippen molar-refractivity contribution in [1.29, 1.82) is 0 Å². The topological polar surface area (TPSA) is 62.4 Å². The molecular weight excluding hydrogens is 140 g/mol. The van der Waals surface area contributed by atoms with Crippen LogP contribution in [0.3, 0.4) is 0 Å². The lowest BCUT2D eigenvalue weighted by molar-refractivity contribution is 0.570. The van der Waals surface area contributed by atoms with Crippen LogP contribution in [0.25, 0.3) is 0 Å². The molecule has 1 atom stereocenters. The van der Waals surface area contributed by atoms with Gasteiger partial charge in [-0.1, -0.05) is 0 Å². The normalized spacial score (nSPS) is 23.8. The van der Waals surface area contributed by atoms with Crippen molar-refractivity contribution < 1.29 is 0 Å². The van der Waals surface area contributed by atoms with Crippen molar-refractivity contribution in [2.45, 2.75) is 19.4 Å². The molecule has 1 unspecified atom stereocenters. The van der Waals surface area contributed by atoms with Gasteiger partial charge in [0.15, 0.2) is 5.96 Å². The van der Waals surface area contributed by atoms with Crippen LogP contribution in [0.1, 0.15) is 13.3 Å². The molecule has 1 aliphatic heterocycles. The van der Waals surface area contributed by atoms with Gasteiger partial charge in [-0.25, -0.2) is 0 Å². The van der Waals surface area contributed by atoms with Crippen molar-refractivity contribution in [3.05, 3.63) is 0 Å². The number of guanidine groups is 1. The Hall–Kier alpha value is -0.770. The van der Waals surface area contributed by atoms with Crippen LogP contribution in [-0.4, -0.2) is 31.6 Å². The predicted molar refractivity (Wildman–Crippen MR) is 46.6 cm³/mol. The van der Waals surface area contributed by atoms with Gasteiger partial charge in [-0.05, 0) is 13.3 Å². The summed E-state index contributed by atoms with van der Waals surface area (Å²) >= 11 is 0. The molecule has 0 aromatic carbocycles. The van der Waals surface area contributed by atoms with Crippen LogP contribution in [0.2, 0.25) is 0 Å². The highest BCUT2D eigenvalue weighted by molar-refractivity contribution is 5.80. The highest BCUT2D eigenvalue weighted by Crippen LogP contribution is 1.96. The van der Waals surface area contributed by atoms with E-state index in [0.717, 1.165) is 25.5 Å². The zero-order valence-corrected chi connectivity index (χ0v) is 6.93. The van der Waals surface area contributed by atoms with E-state index in [0.29, 0.717) is 12.6 Å². The lowest BCUT2D eigenvalue weighted by Crippen LogP contribution is -2.46. The van der Waals surface area contributed by atoms with E-state index in [4.69, 9.17) is 5.73 Å². The van der Waals surface area contributed by atoms with E-state index in [2.05, 4.69) is 22.5 Å². The van der Waals surface area contributed by atoms with Gasteiger partial charge in [-0.3, -0.25) is 4.99 Å². The second-order valence-corrected chi connectivity index (χ2v) is 2.78. The van der Waals surface area contributed by atoms with Gasteiger partial charge in [-0.2, -0.15) is 0 Å². The summed E-state index contributed by atoms with van der Waals surface area (Å²) in [6.45, 7) is 4.51. The Bertz CT molecular complexity index is 143. The van der Waals surface area contributed by atoms with E-state index in [1.54, 1.807) is 0 Å². The van der Waals surface area contributed by atoms with Gasteiger partial charge >= 0.3 is 0 Å². The molecule has 1 rings (SSSR count). The first-order valence-electron chi connectivity index (χ1n) is 4.08. The Morgan fingerprint density at radius 1 is 1.82 bits per heavy atom. The summed E-state index contributed by atoms with van der Waals surface area (Å²) in [7, 11) is 0. The number of hydrogen-bond donors (Lipinski definition) is 3. The molecule has 0 radical (unpaired) electrons. The third-order valence-electron chi connectivity index (χ3n) is 1.65. The Labute approximate surface area is 67.3 Å². The second kappa shape index (κ2) is 4.18. The van der Waals surface area contributed by atoms with Crippen LogP contribution in [-0.2, 0) is 0 Å². The van der Waals surface area contributed by atoms with E-state index in [-0.39, 0.29) is 0 Å². The molecule has 4 N–H and O–H groups in total. The van der Waals surface area contributed by atoms with Crippen molar-refractivity contribution in [3.63, 3.8) is 0 Å². The van der Waals surface area contributed by atoms with E-state index in [1.165, 1.54) is 0 Å². The molecule has 0 spiro atoms. The number of aliphatic imine (C=N–C) groups is 1. The number of nitrogens with one attached hydrogen (secondary N) is 2. The van der Waals surface area contributed by atoms with Gasteiger partial charge < -0.3 is 16.4 Å². The number of nitrogens with zero attached hydrogens (tertiary/aromatic N) is 1. The van der Waals surface area contributed by atoms with Gasteiger partial charge in [0.25, 0.3) is 0 Å². The van der Waals surface area contributed by atoms with Gasteiger partial charge in [0.05, 0.1) is 0 Å². The number of rotatable bonds is 2. The van der Waals surface area contributed by atoms with Crippen molar-refractivity contribution in [2.75, 3.05) is 19.6 Å². The van der Waals surface area contributed by atoms with Crippen LogP contribution in [0.15, 0.2) is 4.99 Å². The summed E-state index contributed by atoms with van der Waals surface area (Å²) in [5.74, 6) is 0.897. The molecule has 0 saturated heterocycles. The minimum atomic E-state index is 0.535. The quantitative estimate of drug-likeness (QED) is 0.494. The summed E-state index contributed by atoms with van der Waals surface area (Å²) in [6.07, 6.45) is 1.12. The van der Waals surface area contributed by atoms with Gasteiger partial charge in [0.1, 0.15) is 0 Å². The fourth-order valence-electron chi connectivity index (χ4n) is 1.02. The van der Waals surface area contributed by atoms with E-state index in [9.17, 15) is 0 Å². The highest BCUT2D eigenvalue weighted by atomic mass is 15.2. The van der Waals surface area contributed by atoms with Crippen molar-refractivity contribution in [2.24, 2.45) is 10.7 Å². The molecule has 0 aromatic rings. The molecule has 0 saturated carbocycles. The Morgan fingerprint density at radius 3 is 3.27 bits per heavy atom. The lowest BCUT2D eigenvalue weighted by atomic mass is 10.2. The highest BCUT2D eigenvalue weighted by Gasteiger charge is 2.08. The molecule has 4 nitrogen and oxygen atoms in total. The summed E-state index contributed by atoms with van der Waals surface area (Å²) in [5.41, 5.74) is 5.34. The maximum atomic E-state index is 5.34.